The van der Waals surface area contributed by atoms with Crippen LogP contribution in [0.5, 0.6) is 5.88 Å². The molecular weight excluding hydrogens is 198 g/mol. The molecule has 0 aliphatic heterocycles. The van der Waals surface area contributed by atoms with Crippen molar-refractivity contribution >= 4 is 0 Å². The lowest BCUT2D eigenvalue weighted by Crippen LogP contribution is -2.06. The molecule has 16 heavy (non-hydrogen) atoms. The zero-order chi connectivity index (χ0) is 13.0. The summed E-state index contributed by atoms with van der Waals surface area (Å²) in [4.78, 5) is 4.19. The van der Waals surface area contributed by atoms with E-state index in [1.165, 1.54) is 6.42 Å². The zero-order valence-corrected chi connectivity index (χ0v) is 11.9. The first-order valence-corrected chi connectivity index (χ1v) is 6.20. The molecule has 0 atom stereocenters. The molecule has 0 unspecified atom stereocenters. The smallest absolute Gasteiger partial charge is 0.213 e. The Morgan fingerprint density at radius 2 is 1.69 bits per heavy atom. The number of hydrogen-bond donors (Lipinski definition) is 0. The zero-order valence-electron chi connectivity index (χ0n) is 11.9. The van der Waals surface area contributed by atoms with Gasteiger partial charge in [-0.1, -0.05) is 40.2 Å². The van der Waals surface area contributed by atoms with Gasteiger partial charge in [0.05, 0.1) is 6.10 Å². The molecule has 1 heterocycles. The van der Waals surface area contributed by atoms with Crippen LogP contribution >= 0.6 is 0 Å². The minimum Gasteiger partial charge on any atom is -0.475 e. The first-order chi connectivity index (χ1) is 7.60. The molecule has 0 amide bonds. The van der Waals surface area contributed by atoms with E-state index in [1.54, 1.807) is 0 Å². The Hall–Kier alpha value is -1.05. The topological polar surface area (TPSA) is 22.1 Å². The number of aromatic nitrogens is 1. The van der Waals surface area contributed by atoms with E-state index in [9.17, 15) is 0 Å². The highest BCUT2D eigenvalue weighted by Crippen LogP contribution is 2.08. The van der Waals surface area contributed by atoms with Crippen LogP contribution < -0.4 is 4.74 Å². The Labute approximate surface area is 101 Å². The number of aryl methyl sites for hydroxylation is 1. The SMILES string of the molecule is CC.CCC.Cc1cccc(OC(C)C)n1. The standard InChI is InChI=1S/C9H13NO.C3H8.C2H6/c1-7(2)11-9-6-4-5-8(3)10-9;1-3-2;1-2/h4-7H,1-3H3;3H2,1-2H3;1-2H3. The Morgan fingerprint density at radius 1 is 1.19 bits per heavy atom. The van der Waals surface area contributed by atoms with Crippen LogP contribution in [0.2, 0.25) is 0 Å². The molecule has 0 bridgehead atoms. The van der Waals surface area contributed by atoms with Crippen molar-refractivity contribution in [3.05, 3.63) is 23.9 Å². The molecule has 0 saturated carbocycles. The predicted molar refractivity (Wildman–Crippen MR) is 72.1 cm³/mol. The highest BCUT2D eigenvalue weighted by atomic mass is 16.5. The lowest BCUT2D eigenvalue weighted by atomic mass is 10.4. The van der Waals surface area contributed by atoms with Gasteiger partial charge in [-0.25, -0.2) is 4.98 Å². The van der Waals surface area contributed by atoms with Crippen LogP contribution in [-0.2, 0) is 0 Å². The van der Waals surface area contributed by atoms with Crippen LogP contribution in [0.4, 0.5) is 0 Å². The van der Waals surface area contributed by atoms with Gasteiger partial charge in [0.2, 0.25) is 5.88 Å². The first-order valence-electron chi connectivity index (χ1n) is 6.20. The van der Waals surface area contributed by atoms with E-state index in [4.69, 9.17) is 4.74 Å². The number of nitrogens with zero attached hydrogens (tertiary/aromatic N) is 1. The van der Waals surface area contributed by atoms with Gasteiger partial charge in [-0.15, -0.1) is 0 Å². The molecule has 0 aliphatic rings. The molecule has 2 heteroatoms. The third-order valence-electron chi connectivity index (χ3n) is 1.22. The second-order valence-corrected chi connectivity index (χ2v) is 3.49. The predicted octanol–water partition coefficient (Wildman–Crippen LogP) is 4.62. The summed E-state index contributed by atoms with van der Waals surface area (Å²) in [5.74, 6) is 0.708. The molecule has 94 valence electrons. The number of ether oxygens (including phenoxy) is 1. The van der Waals surface area contributed by atoms with E-state index in [2.05, 4.69) is 18.8 Å². The molecule has 1 rings (SSSR count). The molecular formula is C14H27NO. The summed E-state index contributed by atoms with van der Waals surface area (Å²) in [5, 5.41) is 0. The third-order valence-corrected chi connectivity index (χ3v) is 1.22. The maximum absolute atomic E-state index is 5.38. The quantitative estimate of drug-likeness (QED) is 0.732. The highest BCUT2D eigenvalue weighted by molar-refractivity contribution is 5.14. The van der Waals surface area contributed by atoms with Crippen molar-refractivity contribution in [3.8, 4) is 5.88 Å². The Morgan fingerprint density at radius 3 is 2.06 bits per heavy atom. The van der Waals surface area contributed by atoms with Crippen molar-refractivity contribution in [2.45, 2.75) is 61.0 Å². The van der Waals surface area contributed by atoms with Gasteiger partial charge >= 0.3 is 0 Å². The molecule has 0 aromatic carbocycles. The molecule has 1 aromatic rings. The van der Waals surface area contributed by atoms with E-state index >= 15 is 0 Å². The fourth-order valence-electron chi connectivity index (χ4n) is 0.825. The van der Waals surface area contributed by atoms with E-state index in [1.807, 2.05) is 52.8 Å². The Bertz CT molecular complexity index is 246. The summed E-state index contributed by atoms with van der Waals surface area (Å²) in [7, 11) is 0. The minimum atomic E-state index is 0.198. The third kappa shape index (κ3) is 11.0. The van der Waals surface area contributed by atoms with Crippen molar-refractivity contribution in [1.29, 1.82) is 0 Å². The number of hydrogen-bond acceptors (Lipinski definition) is 2. The summed E-state index contributed by atoms with van der Waals surface area (Å²) in [6.45, 7) is 14.2. The monoisotopic (exact) mass is 225 g/mol. The molecule has 0 aliphatic carbocycles. The molecule has 0 N–H and O–H groups in total. The van der Waals surface area contributed by atoms with Crippen molar-refractivity contribution in [3.63, 3.8) is 0 Å². The summed E-state index contributed by atoms with van der Waals surface area (Å²) in [6, 6.07) is 5.76. The van der Waals surface area contributed by atoms with Gasteiger partial charge < -0.3 is 4.74 Å². The first kappa shape index (κ1) is 17.3. The van der Waals surface area contributed by atoms with Crippen LogP contribution in [0, 0.1) is 6.92 Å². The van der Waals surface area contributed by atoms with Gasteiger partial charge in [-0.3, -0.25) is 0 Å². The van der Waals surface area contributed by atoms with Gasteiger partial charge in [0, 0.05) is 11.8 Å². The van der Waals surface area contributed by atoms with Crippen molar-refractivity contribution in [1.82, 2.24) is 4.98 Å². The normalized spacial score (nSPS) is 8.50. The summed E-state index contributed by atoms with van der Waals surface area (Å²) in [6.07, 6.45) is 1.45. The number of rotatable bonds is 2. The molecule has 1 aromatic heterocycles. The van der Waals surface area contributed by atoms with E-state index < -0.39 is 0 Å². The van der Waals surface area contributed by atoms with E-state index in [0.717, 1.165) is 5.69 Å². The van der Waals surface area contributed by atoms with Crippen molar-refractivity contribution in [2.24, 2.45) is 0 Å². The van der Waals surface area contributed by atoms with Crippen LogP contribution in [0.25, 0.3) is 0 Å². The molecule has 0 fully saturated rings. The largest absolute Gasteiger partial charge is 0.475 e. The lowest BCUT2D eigenvalue weighted by molar-refractivity contribution is 0.232. The fourth-order valence-corrected chi connectivity index (χ4v) is 0.825. The minimum absolute atomic E-state index is 0.198. The average molecular weight is 225 g/mol. The maximum Gasteiger partial charge on any atom is 0.213 e. The van der Waals surface area contributed by atoms with Gasteiger partial charge in [0.1, 0.15) is 0 Å². The summed E-state index contributed by atoms with van der Waals surface area (Å²) >= 11 is 0. The van der Waals surface area contributed by atoms with Crippen LogP contribution in [0.15, 0.2) is 18.2 Å². The molecule has 0 spiro atoms. The maximum atomic E-state index is 5.38. The Kier molecular flexibility index (Phi) is 13.0. The second kappa shape index (κ2) is 12.0. The Balaban J connectivity index is 0. The average Bonchev–Trinajstić information content (AvgIpc) is 2.21. The van der Waals surface area contributed by atoms with Crippen molar-refractivity contribution in [2.75, 3.05) is 0 Å². The summed E-state index contributed by atoms with van der Waals surface area (Å²) < 4.78 is 5.38. The van der Waals surface area contributed by atoms with E-state index in [0.29, 0.717) is 5.88 Å². The van der Waals surface area contributed by atoms with Gasteiger partial charge in [0.15, 0.2) is 0 Å². The highest BCUT2D eigenvalue weighted by Gasteiger charge is 1.96. The summed E-state index contributed by atoms with van der Waals surface area (Å²) in [5.41, 5.74) is 0.989. The molecule has 0 saturated heterocycles. The van der Waals surface area contributed by atoms with Gasteiger partial charge in [-0.2, -0.15) is 0 Å². The van der Waals surface area contributed by atoms with Crippen LogP contribution in [0.3, 0.4) is 0 Å². The molecule has 0 radical (unpaired) electrons. The van der Waals surface area contributed by atoms with Crippen LogP contribution in [0.1, 0.15) is 53.7 Å². The van der Waals surface area contributed by atoms with E-state index in [-0.39, 0.29) is 6.10 Å². The molecule has 2 nitrogen and oxygen atoms in total. The fraction of sp³-hybridized carbons (Fsp3) is 0.643. The van der Waals surface area contributed by atoms with Gasteiger partial charge in [0.25, 0.3) is 0 Å². The lowest BCUT2D eigenvalue weighted by Gasteiger charge is -2.07. The van der Waals surface area contributed by atoms with Crippen LogP contribution in [-0.4, -0.2) is 11.1 Å². The second-order valence-electron chi connectivity index (χ2n) is 3.49. The van der Waals surface area contributed by atoms with Gasteiger partial charge in [-0.05, 0) is 26.8 Å². The van der Waals surface area contributed by atoms with Crippen molar-refractivity contribution < 1.29 is 4.74 Å². The number of pyridine rings is 1.